The minimum absolute atomic E-state index is 0.0159. The molecule has 2 fully saturated rings. The molecule has 0 atom stereocenters. The fourth-order valence-electron chi connectivity index (χ4n) is 1.59. The first-order valence-electron chi connectivity index (χ1n) is 7.44. The molecule has 2 heterocycles. The topological polar surface area (TPSA) is 139 Å². The van der Waals surface area contributed by atoms with E-state index in [1.54, 1.807) is 0 Å². The maximum atomic E-state index is 10.0. The standard InChI is InChI=1S/C6H5NO3.2C4H8O.CH2O3/c8-6-3-1-5(2-4-6)7(9)10;2*1-2-4-5-3-1;2-1(3)4/h1-4,8H;2*1-4H2;(H2,2,3,4). The van der Waals surface area contributed by atoms with Crippen molar-refractivity contribution in [2.75, 3.05) is 26.4 Å². The van der Waals surface area contributed by atoms with Gasteiger partial charge in [0.15, 0.2) is 0 Å². The predicted molar refractivity (Wildman–Crippen MR) is 85.5 cm³/mol. The van der Waals surface area contributed by atoms with Gasteiger partial charge in [-0.25, -0.2) is 4.79 Å². The number of carboxylic acid groups (broad SMARTS) is 2. The first-order chi connectivity index (χ1) is 11.4. The maximum Gasteiger partial charge on any atom is 0.503 e. The summed E-state index contributed by atoms with van der Waals surface area (Å²) in [7, 11) is 0. The minimum Gasteiger partial charge on any atom is -0.508 e. The Hall–Kier alpha value is -2.39. The van der Waals surface area contributed by atoms with Crippen molar-refractivity contribution < 1.29 is 34.5 Å². The first kappa shape index (κ1) is 21.6. The highest BCUT2D eigenvalue weighted by Crippen LogP contribution is 2.14. The van der Waals surface area contributed by atoms with Gasteiger partial charge in [0.05, 0.1) is 4.92 Å². The number of aromatic hydroxyl groups is 1. The Morgan fingerprint density at radius 1 is 0.917 bits per heavy atom. The van der Waals surface area contributed by atoms with E-state index in [0.717, 1.165) is 26.4 Å². The molecule has 1 aromatic rings. The van der Waals surface area contributed by atoms with E-state index in [-0.39, 0.29) is 11.4 Å². The number of hydrogen-bond donors (Lipinski definition) is 3. The predicted octanol–water partition coefficient (Wildman–Crippen LogP) is 3.12. The van der Waals surface area contributed by atoms with E-state index < -0.39 is 11.1 Å². The molecule has 0 spiro atoms. The van der Waals surface area contributed by atoms with Crippen molar-refractivity contribution in [3.63, 3.8) is 0 Å². The lowest BCUT2D eigenvalue weighted by molar-refractivity contribution is -0.384. The van der Waals surface area contributed by atoms with Crippen LogP contribution in [0.15, 0.2) is 24.3 Å². The van der Waals surface area contributed by atoms with Gasteiger partial charge in [-0.3, -0.25) is 10.1 Å². The van der Waals surface area contributed by atoms with E-state index in [0.29, 0.717) is 0 Å². The fourth-order valence-corrected chi connectivity index (χ4v) is 1.59. The number of benzene rings is 1. The molecule has 0 amide bonds. The number of phenols is 1. The number of rotatable bonds is 1. The van der Waals surface area contributed by atoms with Crippen LogP contribution in [-0.2, 0) is 9.47 Å². The number of carbonyl (C=O) groups is 1. The largest absolute Gasteiger partial charge is 0.508 e. The summed E-state index contributed by atoms with van der Waals surface area (Å²) >= 11 is 0. The van der Waals surface area contributed by atoms with E-state index in [1.807, 2.05) is 0 Å². The zero-order valence-electron chi connectivity index (χ0n) is 13.3. The number of phenolic OH excluding ortho intramolecular Hbond substituents is 1. The molecule has 136 valence electrons. The summed E-state index contributed by atoms with van der Waals surface area (Å²) in [5.41, 5.74) is -0.0159. The number of nitrogens with zero attached hydrogens (tertiary/aromatic N) is 1. The number of non-ortho nitro benzene ring substituents is 1. The number of hydrogen-bond acceptors (Lipinski definition) is 6. The fraction of sp³-hybridized carbons (Fsp3) is 0.533. The Kier molecular flexibility index (Phi) is 12.8. The van der Waals surface area contributed by atoms with Gasteiger partial charge in [0, 0.05) is 38.6 Å². The third-order valence-electron chi connectivity index (χ3n) is 2.72. The van der Waals surface area contributed by atoms with E-state index >= 15 is 0 Å². The Balaban J connectivity index is 0.000000320. The monoisotopic (exact) mass is 345 g/mol. The molecule has 2 saturated heterocycles. The molecule has 0 aromatic heterocycles. The van der Waals surface area contributed by atoms with Gasteiger partial charge in [-0.1, -0.05) is 0 Å². The molecule has 3 N–H and O–H groups in total. The van der Waals surface area contributed by atoms with Gasteiger partial charge < -0.3 is 24.8 Å². The van der Waals surface area contributed by atoms with Crippen molar-refractivity contribution >= 4 is 11.8 Å². The van der Waals surface area contributed by atoms with Crippen LogP contribution >= 0.6 is 0 Å². The number of ether oxygens (including phenoxy) is 2. The van der Waals surface area contributed by atoms with Crippen LogP contribution in [0.5, 0.6) is 5.75 Å². The zero-order chi connectivity index (χ0) is 18.2. The third kappa shape index (κ3) is 14.5. The lowest BCUT2D eigenvalue weighted by atomic mass is 10.3. The summed E-state index contributed by atoms with van der Waals surface area (Å²) in [6, 6.07) is 5.04. The highest BCUT2D eigenvalue weighted by Gasteiger charge is 2.01. The van der Waals surface area contributed by atoms with Crippen LogP contribution in [0.4, 0.5) is 10.5 Å². The molecule has 0 unspecified atom stereocenters. The van der Waals surface area contributed by atoms with Crippen LogP contribution in [0.25, 0.3) is 0 Å². The van der Waals surface area contributed by atoms with Gasteiger partial charge in [0.25, 0.3) is 5.69 Å². The van der Waals surface area contributed by atoms with E-state index in [1.165, 1.54) is 49.9 Å². The Bertz CT molecular complexity index is 426. The smallest absolute Gasteiger partial charge is 0.503 e. The molecule has 0 aliphatic carbocycles. The van der Waals surface area contributed by atoms with Crippen molar-refractivity contribution in [3.8, 4) is 5.75 Å². The lowest BCUT2D eigenvalue weighted by Crippen LogP contribution is -1.85. The van der Waals surface area contributed by atoms with E-state index in [9.17, 15) is 10.1 Å². The van der Waals surface area contributed by atoms with Crippen molar-refractivity contribution in [3.05, 3.63) is 34.4 Å². The molecule has 9 heteroatoms. The maximum absolute atomic E-state index is 10.0. The average Bonchev–Trinajstić information content (AvgIpc) is 3.26. The summed E-state index contributed by atoms with van der Waals surface area (Å²) < 4.78 is 9.89. The molecule has 2 aliphatic heterocycles. The van der Waals surface area contributed by atoms with Crippen molar-refractivity contribution in [1.29, 1.82) is 0 Å². The first-order valence-corrected chi connectivity index (χ1v) is 7.44. The Morgan fingerprint density at radius 3 is 1.46 bits per heavy atom. The summed E-state index contributed by atoms with van der Waals surface area (Å²) in [6.45, 7) is 4.00. The SMILES string of the molecule is C1CCOC1.C1CCOC1.O=C(O)O.O=[N+]([O-])c1ccc(O)cc1. The van der Waals surface area contributed by atoms with Gasteiger partial charge in [0.2, 0.25) is 0 Å². The quantitative estimate of drug-likeness (QED) is 0.521. The van der Waals surface area contributed by atoms with Crippen LogP contribution in [-0.4, -0.2) is 52.8 Å². The highest BCUT2D eigenvalue weighted by atomic mass is 16.6. The number of nitro benzene ring substituents is 1. The van der Waals surface area contributed by atoms with Crippen molar-refractivity contribution in [2.24, 2.45) is 0 Å². The summed E-state index contributed by atoms with van der Waals surface area (Å²) in [6.07, 6.45) is 3.28. The number of nitro groups is 1. The summed E-state index contributed by atoms with van der Waals surface area (Å²) in [5.74, 6) is 0.0330. The van der Waals surface area contributed by atoms with E-state index in [2.05, 4.69) is 0 Å². The normalized spacial score (nSPS) is 14.8. The molecule has 0 bridgehead atoms. The Morgan fingerprint density at radius 2 is 1.25 bits per heavy atom. The molecule has 9 nitrogen and oxygen atoms in total. The second kappa shape index (κ2) is 14.2. The van der Waals surface area contributed by atoms with Gasteiger partial charge >= 0.3 is 6.16 Å². The lowest BCUT2D eigenvalue weighted by Gasteiger charge is -1.89. The second-order valence-electron chi connectivity index (χ2n) is 4.70. The van der Waals surface area contributed by atoms with E-state index in [4.69, 9.17) is 29.6 Å². The van der Waals surface area contributed by atoms with Gasteiger partial charge in [0.1, 0.15) is 5.75 Å². The molecule has 24 heavy (non-hydrogen) atoms. The van der Waals surface area contributed by atoms with Crippen LogP contribution in [0.2, 0.25) is 0 Å². The molecular weight excluding hydrogens is 322 g/mol. The zero-order valence-corrected chi connectivity index (χ0v) is 13.3. The van der Waals surface area contributed by atoms with Crippen LogP contribution in [0, 0.1) is 10.1 Å². The minimum atomic E-state index is -1.83. The highest BCUT2D eigenvalue weighted by molar-refractivity contribution is 5.53. The average molecular weight is 345 g/mol. The van der Waals surface area contributed by atoms with Crippen LogP contribution in [0.1, 0.15) is 25.7 Å². The van der Waals surface area contributed by atoms with Gasteiger partial charge in [-0.2, -0.15) is 0 Å². The Labute approximate surface area is 139 Å². The summed E-state index contributed by atoms with van der Waals surface area (Å²) in [4.78, 5) is 18.1. The summed E-state index contributed by atoms with van der Waals surface area (Å²) in [5, 5.41) is 32.7. The van der Waals surface area contributed by atoms with Gasteiger partial charge in [-0.05, 0) is 37.8 Å². The second-order valence-corrected chi connectivity index (χ2v) is 4.70. The molecular formula is C15H23NO8. The molecule has 3 rings (SSSR count). The van der Waals surface area contributed by atoms with Gasteiger partial charge in [-0.15, -0.1) is 0 Å². The third-order valence-corrected chi connectivity index (χ3v) is 2.72. The molecule has 1 aromatic carbocycles. The van der Waals surface area contributed by atoms with Crippen LogP contribution < -0.4 is 0 Å². The van der Waals surface area contributed by atoms with Crippen LogP contribution in [0.3, 0.4) is 0 Å². The molecule has 0 radical (unpaired) electrons. The molecule has 0 saturated carbocycles. The molecule has 2 aliphatic rings. The van der Waals surface area contributed by atoms with Crippen molar-refractivity contribution in [1.82, 2.24) is 0 Å². The van der Waals surface area contributed by atoms with Crippen molar-refractivity contribution in [2.45, 2.75) is 25.7 Å².